The van der Waals surface area contributed by atoms with Crippen LogP contribution in [-0.4, -0.2) is 13.5 Å². The Morgan fingerprint density at radius 1 is 0.862 bits per heavy atom. The number of aromatic hydroxyl groups is 1. The minimum absolute atomic E-state index is 0.0545. The summed E-state index contributed by atoms with van der Waals surface area (Å²) >= 11 is 1.20. The highest BCUT2D eigenvalue weighted by Gasteiger charge is 2.17. The fraction of sp³-hybridized carbons (Fsp3) is 0.0455. The molecule has 0 fully saturated rings. The predicted octanol–water partition coefficient (Wildman–Crippen LogP) is 4.89. The highest BCUT2D eigenvalue weighted by atomic mass is 32.2. The third-order valence-corrected chi connectivity index (χ3v) is 6.52. The molecule has 0 amide bonds. The van der Waals surface area contributed by atoms with Gasteiger partial charge in [-0.05, 0) is 49.0 Å². The van der Waals surface area contributed by atoms with E-state index in [4.69, 9.17) is 4.42 Å². The molecule has 1 N–H and O–H groups in total. The summed E-state index contributed by atoms with van der Waals surface area (Å²) in [6.07, 6.45) is 0. The van der Waals surface area contributed by atoms with Crippen molar-refractivity contribution in [1.82, 2.24) is 0 Å². The monoisotopic (exact) mass is 423 g/mol. The van der Waals surface area contributed by atoms with E-state index < -0.39 is 10.0 Å². The number of hydrogen-bond acceptors (Lipinski definition) is 5. The molecule has 1 aromatic heterocycles. The third kappa shape index (κ3) is 4.06. The topological polar surface area (TPSA) is 79.9 Å². The van der Waals surface area contributed by atoms with E-state index in [2.05, 4.69) is 4.40 Å². The summed E-state index contributed by atoms with van der Waals surface area (Å²) < 4.78 is 35.3. The van der Waals surface area contributed by atoms with E-state index in [0.717, 1.165) is 10.5 Å². The molecule has 7 heteroatoms. The summed E-state index contributed by atoms with van der Waals surface area (Å²) in [4.78, 5) is 0.918. The molecule has 0 aliphatic rings. The van der Waals surface area contributed by atoms with Gasteiger partial charge in [-0.2, -0.15) is 8.42 Å². The van der Waals surface area contributed by atoms with Gasteiger partial charge in [-0.15, -0.1) is 4.40 Å². The average molecular weight is 424 g/mol. The maximum absolute atomic E-state index is 12.8. The van der Waals surface area contributed by atoms with Gasteiger partial charge in [0.15, 0.2) is 5.75 Å². The van der Waals surface area contributed by atoms with Crippen LogP contribution in [0.15, 0.2) is 103 Å². The molecule has 0 bridgehead atoms. The predicted molar refractivity (Wildman–Crippen MR) is 112 cm³/mol. The maximum atomic E-state index is 12.8. The van der Waals surface area contributed by atoms with Crippen LogP contribution in [0.3, 0.4) is 0 Å². The Morgan fingerprint density at radius 2 is 1.48 bits per heavy atom. The van der Waals surface area contributed by atoms with E-state index in [0.29, 0.717) is 10.8 Å². The Bertz CT molecular complexity index is 1340. The van der Waals surface area contributed by atoms with Crippen molar-refractivity contribution in [2.24, 2.45) is 4.40 Å². The first-order valence-corrected chi connectivity index (χ1v) is 11.0. The van der Waals surface area contributed by atoms with Crippen LogP contribution in [-0.2, 0) is 10.0 Å². The lowest BCUT2D eigenvalue weighted by molar-refractivity contribution is 0.360. The van der Waals surface area contributed by atoms with Gasteiger partial charge in [0, 0.05) is 15.7 Å². The molecular formula is C22H17NO4S2. The van der Waals surface area contributed by atoms with Gasteiger partial charge in [0.05, 0.1) is 4.90 Å². The Morgan fingerprint density at radius 3 is 2.17 bits per heavy atom. The molecule has 5 nitrogen and oxygen atoms in total. The molecule has 0 aliphatic heterocycles. The van der Waals surface area contributed by atoms with Crippen molar-refractivity contribution in [2.75, 3.05) is 0 Å². The van der Waals surface area contributed by atoms with Gasteiger partial charge < -0.3 is 9.52 Å². The van der Waals surface area contributed by atoms with E-state index >= 15 is 0 Å². The van der Waals surface area contributed by atoms with Gasteiger partial charge in [-0.3, -0.25) is 0 Å². The maximum Gasteiger partial charge on any atom is 0.285 e. The van der Waals surface area contributed by atoms with E-state index in [9.17, 15) is 13.5 Å². The molecule has 0 atom stereocenters. The van der Waals surface area contributed by atoms with Crippen molar-refractivity contribution in [2.45, 2.75) is 21.8 Å². The quantitative estimate of drug-likeness (QED) is 0.506. The molecule has 0 unspecified atom stereocenters. The van der Waals surface area contributed by atoms with Gasteiger partial charge in [-0.25, -0.2) is 0 Å². The number of benzene rings is 3. The zero-order valence-corrected chi connectivity index (χ0v) is 17.1. The smallest absolute Gasteiger partial charge is 0.285 e. The second-order valence-electron chi connectivity index (χ2n) is 6.38. The second kappa shape index (κ2) is 7.77. The van der Waals surface area contributed by atoms with E-state index in [1.54, 1.807) is 36.4 Å². The zero-order chi connectivity index (χ0) is 20.4. The van der Waals surface area contributed by atoms with Crippen LogP contribution < -0.4 is 5.55 Å². The number of aryl methyl sites for hydroxylation is 1. The molecule has 4 rings (SSSR count). The third-order valence-electron chi connectivity index (χ3n) is 4.27. The number of hydrogen-bond donors (Lipinski definition) is 1. The fourth-order valence-electron chi connectivity index (χ4n) is 2.78. The standard InChI is InChI=1S/C22H17NO4S2/c1-15-11-13-17(14-12-15)29(25,26)23-21-19-10-6-5-9-18(19)20(24)22(27-21)28-16-7-3-2-4-8-16/h2-14,24H,1H3/b23-21+. The van der Waals surface area contributed by atoms with Gasteiger partial charge in [0.25, 0.3) is 10.0 Å². The van der Waals surface area contributed by atoms with Crippen molar-refractivity contribution in [3.8, 4) is 5.75 Å². The first-order valence-electron chi connectivity index (χ1n) is 8.79. The Labute approximate surface area is 172 Å². The van der Waals surface area contributed by atoms with Crippen molar-refractivity contribution >= 4 is 32.6 Å². The van der Waals surface area contributed by atoms with Crippen LogP contribution in [0.2, 0.25) is 0 Å². The van der Waals surface area contributed by atoms with Gasteiger partial charge >= 0.3 is 0 Å². The summed E-state index contributed by atoms with van der Waals surface area (Å²) in [5.41, 5.74) is 0.877. The van der Waals surface area contributed by atoms with Crippen LogP contribution >= 0.6 is 11.8 Å². The lowest BCUT2D eigenvalue weighted by Crippen LogP contribution is -2.09. The average Bonchev–Trinajstić information content (AvgIpc) is 2.72. The van der Waals surface area contributed by atoms with Crippen LogP contribution in [0.1, 0.15) is 5.56 Å². The molecule has 0 spiro atoms. The summed E-state index contributed by atoms with van der Waals surface area (Å²) in [5.74, 6) is -0.0545. The normalized spacial score (nSPS) is 12.4. The van der Waals surface area contributed by atoms with Crippen molar-refractivity contribution < 1.29 is 17.9 Å². The van der Waals surface area contributed by atoms with Gasteiger partial charge in [-0.1, -0.05) is 54.1 Å². The van der Waals surface area contributed by atoms with Crippen LogP contribution in [0.5, 0.6) is 5.75 Å². The van der Waals surface area contributed by atoms with Crippen molar-refractivity contribution in [3.63, 3.8) is 0 Å². The van der Waals surface area contributed by atoms with Gasteiger partial charge in [0.1, 0.15) is 0 Å². The molecule has 0 saturated carbocycles. The molecule has 1 heterocycles. The second-order valence-corrected chi connectivity index (χ2v) is 9.03. The minimum atomic E-state index is -3.98. The SMILES string of the molecule is Cc1ccc(S(=O)(=O)/N=c2/oc(Sc3ccccc3)c(O)c3ccccc23)cc1. The van der Waals surface area contributed by atoms with E-state index in [-0.39, 0.29) is 21.3 Å². The molecule has 29 heavy (non-hydrogen) atoms. The largest absolute Gasteiger partial charge is 0.503 e. The van der Waals surface area contributed by atoms with Crippen LogP contribution in [0.4, 0.5) is 0 Å². The molecule has 146 valence electrons. The summed E-state index contributed by atoms with van der Waals surface area (Å²) in [6.45, 7) is 1.88. The molecule has 0 radical (unpaired) electrons. The van der Waals surface area contributed by atoms with Crippen LogP contribution in [0, 0.1) is 6.92 Å². The first kappa shape index (κ1) is 19.3. The Hall–Kier alpha value is -3.03. The highest BCUT2D eigenvalue weighted by molar-refractivity contribution is 7.99. The summed E-state index contributed by atoms with van der Waals surface area (Å²) in [6, 6.07) is 22.7. The summed E-state index contributed by atoms with van der Waals surface area (Å²) in [7, 11) is -3.98. The van der Waals surface area contributed by atoms with E-state index in [1.807, 2.05) is 37.3 Å². The lowest BCUT2D eigenvalue weighted by Gasteiger charge is -2.07. The van der Waals surface area contributed by atoms with Gasteiger partial charge in [0.2, 0.25) is 10.6 Å². The highest BCUT2D eigenvalue weighted by Crippen LogP contribution is 2.37. The lowest BCUT2D eigenvalue weighted by atomic mass is 10.2. The Kier molecular flexibility index (Phi) is 5.17. The molecule has 4 aromatic rings. The molecule has 0 aliphatic carbocycles. The van der Waals surface area contributed by atoms with E-state index in [1.165, 1.54) is 23.9 Å². The van der Waals surface area contributed by atoms with Crippen LogP contribution in [0.25, 0.3) is 10.8 Å². The fourth-order valence-corrected chi connectivity index (χ4v) is 4.56. The first-order chi connectivity index (χ1) is 13.9. The molecular weight excluding hydrogens is 406 g/mol. The zero-order valence-electron chi connectivity index (χ0n) is 15.4. The van der Waals surface area contributed by atoms with Crippen molar-refractivity contribution in [3.05, 3.63) is 90.0 Å². The Balaban J connectivity index is 1.92. The number of sulfonamides is 1. The minimum Gasteiger partial charge on any atom is -0.503 e. The number of nitrogens with zero attached hydrogens (tertiary/aromatic N) is 1. The number of rotatable bonds is 4. The van der Waals surface area contributed by atoms with Crippen molar-refractivity contribution in [1.29, 1.82) is 0 Å². The number of fused-ring (bicyclic) bond motifs is 1. The molecule has 0 saturated heterocycles. The molecule has 3 aromatic carbocycles. The summed E-state index contributed by atoms with van der Waals surface area (Å²) in [5, 5.41) is 11.7.